The van der Waals surface area contributed by atoms with Crippen LogP contribution < -0.4 is 10.6 Å². The Morgan fingerprint density at radius 1 is 1.20 bits per heavy atom. The lowest BCUT2D eigenvalue weighted by Gasteiger charge is -2.29. The van der Waals surface area contributed by atoms with Crippen molar-refractivity contribution in [2.24, 2.45) is 0 Å². The number of nitrogens with zero attached hydrogens (tertiary/aromatic N) is 1. The Hall–Kier alpha value is -3.40. The van der Waals surface area contributed by atoms with Gasteiger partial charge in [-0.1, -0.05) is 0 Å². The predicted octanol–water partition coefficient (Wildman–Crippen LogP) is 1.15. The van der Waals surface area contributed by atoms with Gasteiger partial charge >= 0.3 is 0 Å². The zero-order chi connectivity index (χ0) is 21.4. The Bertz CT molecular complexity index is 1080. The van der Waals surface area contributed by atoms with E-state index in [1.54, 1.807) is 5.38 Å². The number of imide groups is 1. The molecule has 0 aliphatic carbocycles. The van der Waals surface area contributed by atoms with Crippen LogP contribution in [0.25, 0.3) is 0 Å². The fourth-order valence-corrected chi connectivity index (χ4v) is 4.50. The van der Waals surface area contributed by atoms with Gasteiger partial charge in [-0.25, -0.2) is 4.39 Å². The number of hydrogen-bond donors (Lipinski definition) is 2. The lowest BCUT2D eigenvalue weighted by Crippen LogP contribution is -2.52. The van der Waals surface area contributed by atoms with Gasteiger partial charge in [-0.05, 0) is 36.2 Å². The average Bonchev–Trinajstić information content (AvgIpc) is 3.26. The number of hydrogen-bond acceptors (Lipinski definition) is 6. The van der Waals surface area contributed by atoms with Gasteiger partial charge in [0.15, 0.2) is 0 Å². The third-order valence-corrected chi connectivity index (χ3v) is 6.14. The molecule has 154 valence electrons. The topological polar surface area (TPSA) is 113 Å². The first kappa shape index (κ1) is 19.9. The summed E-state index contributed by atoms with van der Waals surface area (Å²) in [5, 5.41) is 6.43. The fraction of sp³-hybridized carbons (Fsp3) is 0.250. The summed E-state index contributed by atoms with van der Waals surface area (Å²) in [5.74, 6) is -3.28. The Kier molecular flexibility index (Phi) is 5.17. The van der Waals surface area contributed by atoms with E-state index in [-0.39, 0.29) is 43.3 Å². The largest absolute Gasteiger partial charge is 0.344 e. The molecule has 30 heavy (non-hydrogen) atoms. The van der Waals surface area contributed by atoms with Gasteiger partial charge in [0.25, 0.3) is 11.8 Å². The Morgan fingerprint density at radius 2 is 1.93 bits per heavy atom. The van der Waals surface area contributed by atoms with Gasteiger partial charge in [0.1, 0.15) is 11.9 Å². The first-order valence-electron chi connectivity index (χ1n) is 9.17. The van der Waals surface area contributed by atoms with Crippen LogP contribution in [-0.4, -0.2) is 40.4 Å². The number of fused-ring (bicyclic) bond motifs is 1. The van der Waals surface area contributed by atoms with Crippen LogP contribution in [-0.2, 0) is 27.5 Å². The van der Waals surface area contributed by atoms with Crippen LogP contribution >= 0.6 is 11.3 Å². The SMILES string of the molecule is O=C1CCC(N2Cc3c(csc3CNC(=O)C(=O)c3ccc(F)cc3)C2=O)C(=O)N1. The minimum atomic E-state index is -0.838. The number of benzene rings is 1. The number of Topliss-reactive ketones (excluding diaryl/α,β-unsaturated/α-hetero) is 1. The highest BCUT2D eigenvalue weighted by Crippen LogP contribution is 2.33. The lowest BCUT2D eigenvalue weighted by molar-refractivity contribution is -0.136. The number of halogens is 1. The zero-order valence-electron chi connectivity index (χ0n) is 15.6. The quantitative estimate of drug-likeness (QED) is 0.421. The first-order chi connectivity index (χ1) is 14.3. The number of thiophene rings is 1. The van der Waals surface area contributed by atoms with E-state index in [0.717, 1.165) is 12.1 Å². The van der Waals surface area contributed by atoms with Crippen molar-refractivity contribution < 1.29 is 28.4 Å². The van der Waals surface area contributed by atoms with Crippen molar-refractivity contribution in [3.8, 4) is 0 Å². The number of piperidine rings is 1. The molecule has 1 saturated heterocycles. The maximum absolute atomic E-state index is 13.0. The molecule has 1 aromatic heterocycles. The van der Waals surface area contributed by atoms with Gasteiger partial charge in [0.05, 0.1) is 12.1 Å². The summed E-state index contributed by atoms with van der Waals surface area (Å²) in [6.07, 6.45) is 0.434. The van der Waals surface area contributed by atoms with E-state index in [2.05, 4.69) is 10.6 Å². The molecule has 0 spiro atoms. The van der Waals surface area contributed by atoms with Crippen molar-refractivity contribution in [2.45, 2.75) is 32.0 Å². The van der Waals surface area contributed by atoms with Crippen LogP contribution in [0.1, 0.15) is 44.0 Å². The summed E-state index contributed by atoms with van der Waals surface area (Å²) < 4.78 is 13.0. The van der Waals surface area contributed by atoms with Crippen molar-refractivity contribution in [3.05, 3.63) is 57.0 Å². The number of ketones is 1. The van der Waals surface area contributed by atoms with Gasteiger partial charge in [-0.2, -0.15) is 0 Å². The summed E-state index contributed by atoms with van der Waals surface area (Å²) in [4.78, 5) is 62.6. The first-order valence-corrected chi connectivity index (χ1v) is 10.0. The van der Waals surface area contributed by atoms with Crippen molar-refractivity contribution in [3.63, 3.8) is 0 Å². The van der Waals surface area contributed by atoms with Crippen LogP contribution in [0.5, 0.6) is 0 Å². The number of carbonyl (C=O) groups is 5. The Morgan fingerprint density at radius 3 is 2.63 bits per heavy atom. The van der Waals surface area contributed by atoms with Crippen LogP contribution in [0.2, 0.25) is 0 Å². The molecule has 0 saturated carbocycles. The fourth-order valence-electron chi connectivity index (χ4n) is 3.53. The highest BCUT2D eigenvalue weighted by molar-refractivity contribution is 7.10. The predicted molar refractivity (Wildman–Crippen MR) is 103 cm³/mol. The van der Waals surface area contributed by atoms with Crippen molar-refractivity contribution in [1.29, 1.82) is 0 Å². The van der Waals surface area contributed by atoms with E-state index in [9.17, 15) is 28.4 Å². The molecule has 2 aliphatic heterocycles. The van der Waals surface area contributed by atoms with Crippen molar-refractivity contribution in [1.82, 2.24) is 15.5 Å². The summed E-state index contributed by atoms with van der Waals surface area (Å²) in [7, 11) is 0. The van der Waals surface area contributed by atoms with Crippen LogP contribution in [0.4, 0.5) is 4.39 Å². The molecule has 2 N–H and O–H groups in total. The van der Waals surface area contributed by atoms with Gasteiger partial charge in [-0.3, -0.25) is 29.3 Å². The third kappa shape index (κ3) is 3.61. The molecule has 4 rings (SSSR count). The van der Waals surface area contributed by atoms with E-state index in [1.807, 2.05) is 0 Å². The van der Waals surface area contributed by atoms with E-state index < -0.39 is 29.5 Å². The monoisotopic (exact) mass is 429 g/mol. The molecular weight excluding hydrogens is 413 g/mol. The lowest BCUT2D eigenvalue weighted by atomic mass is 10.0. The van der Waals surface area contributed by atoms with E-state index >= 15 is 0 Å². The average molecular weight is 429 g/mol. The molecule has 3 heterocycles. The Labute approximate surface area is 174 Å². The van der Waals surface area contributed by atoms with Crippen LogP contribution in [0.15, 0.2) is 29.6 Å². The normalized spacial score (nSPS) is 18.2. The maximum atomic E-state index is 13.0. The molecule has 4 amide bonds. The second-order valence-electron chi connectivity index (χ2n) is 6.97. The van der Waals surface area contributed by atoms with Gasteiger partial charge in [0.2, 0.25) is 17.6 Å². The summed E-state index contributed by atoms with van der Waals surface area (Å²) in [5.41, 5.74) is 1.23. The second-order valence-corrected chi connectivity index (χ2v) is 7.93. The molecule has 10 heteroatoms. The number of carbonyl (C=O) groups excluding carboxylic acids is 5. The smallest absolute Gasteiger partial charge is 0.292 e. The van der Waals surface area contributed by atoms with E-state index in [4.69, 9.17) is 0 Å². The molecule has 1 unspecified atom stereocenters. The van der Waals surface area contributed by atoms with Crippen molar-refractivity contribution >= 4 is 40.7 Å². The number of rotatable bonds is 5. The molecule has 1 fully saturated rings. The summed E-state index contributed by atoms with van der Waals surface area (Å²) in [6, 6.07) is 3.95. The second kappa shape index (κ2) is 7.79. The van der Waals surface area contributed by atoms with Gasteiger partial charge in [0, 0.05) is 28.8 Å². The van der Waals surface area contributed by atoms with Gasteiger partial charge < -0.3 is 10.2 Å². The molecular formula is C20H16FN3O5S. The highest BCUT2D eigenvalue weighted by atomic mass is 32.1. The number of amides is 4. The molecule has 0 radical (unpaired) electrons. The van der Waals surface area contributed by atoms with Crippen molar-refractivity contribution in [2.75, 3.05) is 0 Å². The molecule has 0 bridgehead atoms. The van der Waals surface area contributed by atoms with E-state index in [1.165, 1.54) is 28.4 Å². The highest BCUT2D eigenvalue weighted by Gasteiger charge is 2.40. The molecule has 2 aliphatic rings. The minimum Gasteiger partial charge on any atom is -0.344 e. The summed E-state index contributed by atoms with van der Waals surface area (Å²) >= 11 is 1.28. The van der Waals surface area contributed by atoms with Crippen LogP contribution in [0.3, 0.4) is 0 Å². The standard InChI is InChI=1S/C20H16FN3O5S/c21-11-3-1-10(2-4-11)17(26)19(28)22-7-15-12-8-24(20(29)13(12)9-30-15)14-5-6-16(25)23-18(14)27/h1-4,9,14H,5-8H2,(H,22,28)(H,23,25,27). The van der Waals surface area contributed by atoms with E-state index in [0.29, 0.717) is 16.0 Å². The van der Waals surface area contributed by atoms with Gasteiger partial charge in [-0.15, -0.1) is 11.3 Å². The molecule has 8 nitrogen and oxygen atoms in total. The molecule has 2 aromatic rings. The minimum absolute atomic E-state index is 0.0439. The van der Waals surface area contributed by atoms with Crippen LogP contribution in [0, 0.1) is 5.82 Å². The maximum Gasteiger partial charge on any atom is 0.292 e. The summed E-state index contributed by atoms with van der Waals surface area (Å²) in [6.45, 7) is 0.239. The molecule has 1 atom stereocenters. The molecule has 1 aromatic carbocycles. The third-order valence-electron chi connectivity index (χ3n) is 5.11. The zero-order valence-corrected chi connectivity index (χ0v) is 16.4. The number of nitrogens with one attached hydrogen (secondary N) is 2. The Balaban J connectivity index is 1.42.